The second-order valence-electron chi connectivity index (χ2n) is 4.50. The third-order valence-electron chi connectivity index (χ3n) is 3.06. The number of hydrogen-bond donors (Lipinski definition) is 1. The van der Waals surface area contributed by atoms with Gasteiger partial charge in [0.15, 0.2) is 0 Å². The molecule has 1 N–H and O–H groups in total. The number of benzene rings is 1. The zero-order valence-electron chi connectivity index (χ0n) is 10.4. The second-order valence-corrected chi connectivity index (χ2v) is 4.50. The van der Waals surface area contributed by atoms with Crippen molar-refractivity contribution >= 4 is 0 Å². The summed E-state index contributed by atoms with van der Waals surface area (Å²) in [6.07, 6.45) is -2.64. The first-order valence-corrected chi connectivity index (χ1v) is 5.73. The Labute approximate surface area is 112 Å². The molecule has 0 bridgehead atoms. The lowest BCUT2D eigenvalue weighted by atomic mass is 9.86. The van der Waals surface area contributed by atoms with Gasteiger partial charge in [0.25, 0.3) is 0 Å². The van der Waals surface area contributed by atoms with E-state index in [1.165, 1.54) is 19.1 Å². The summed E-state index contributed by atoms with van der Waals surface area (Å²) < 4.78 is 51.8. The smallest absolute Gasteiger partial charge is 0.381 e. The van der Waals surface area contributed by atoms with Gasteiger partial charge in [0.05, 0.1) is 5.56 Å². The van der Waals surface area contributed by atoms with Gasteiger partial charge in [0, 0.05) is 18.0 Å². The van der Waals surface area contributed by atoms with Crippen molar-refractivity contribution in [3.05, 3.63) is 65.2 Å². The summed E-state index contributed by atoms with van der Waals surface area (Å²) in [5.41, 5.74) is -3.12. The Hall–Kier alpha value is -1.95. The van der Waals surface area contributed by atoms with Crippen molar-refractivity contribution in [3.63, 3.8) is 0 Å². The maximum Gasteiger partial charge on any atom is 0.416 e. The number of nitrogens with zero attached hydrogens (tertiary/aromatic N) is 1. The van der Waals surface area contributed by atoms with E-state index in [9.17, 15) is 22.7 Å². The molecule has 1 unspecified atom stereocenters. The Morgan fingerprint density at radius 3 is 2.15 bits per heavy atom. The quantitative estimate of drug-likeness (QED) is 0.857. The number of rotatable bonds is 2. The van der Waals surface area contributed by atoms with Gasteiger partial charge in [-0.05, 0) is 30.7 Å². The molecule has 0 spiro atoms. The average Bonchev–Trinajstić information content (AvgIpc) is 2.38. The van der Waals surface area contributed by atoms with Crippen molar-refractivity contribution in [2.24, 2.45) is 0 Å². The lowest BCUT2D eigenvalue weighted by molar-refractivity contribution is -0.140. The highest BCUT2D eigenvalue weighted by Crippen LogP contribution is 2.38. The molecule has 0 aliphatic rings. The molecular weight excluding hydrogens is 274 g/mol. The van der Waals surface area contributed by atoms with Crippen LogP contribution in [-0.4, -0.2) is 10.1 Å². The summed E-state index contributed by atoms with van der Waals surface area (Å²) in [5.74, 6) is -0.535. The van der Waals surface area contributed by atoms with E-state index in [1.807, 2.05) is 0 Å². The van der Waals surface area contributed by atoms with Crippen LogP contribution in [0.15, 0.2) is 42.7 Å². The van der Waals surface area contributed by atoms with Crippen LogP contribution >= 0.6 is 0 Å². The summed E-state index contributed by atoms with van der Waals surface area (Å²) in [6, 6.07) is 5.43. The average molecular weight is 285 g/mol. The number of alkyl halides is 3. The van der Waals surface area contributed by atoms with Gasteiger partial charge in [-0.3, -0.25) is 4.98 Å². The normalized spacial score (nSPS) is 14.9. The molecule has 1 aromatic heterocycles. The van der Waals surface area contributed by atoms with E-state index >= 15 is 0 Å². The van der Waals surface area contributed by atoms with E-state index in [4.69, 9.17) is 0 Å². The fraction of sp³-hybridized carbons (Fsp3) is 0.214. The van der Waals surface area contributed by atoms with Crippen molar-refractivity contribution in [1.82, 2.24) is 4.98 Å². The molecule has 1 heterocycles. The third kappa shape index (κ3) is 2.65. The van der Waals surface area contributed by atoms with Gasteiger partial charge < -0.3 is 5.11 Å². The Bertz CT molecular complexity index is 605. The van der Waals surface area contributed by atoms with Crippen molar-refractivity contribution < 1.29 is 22.7 Å². The van der Waals surface area contributed by atoms with Crippen LogP contribution in [0.25, 0.3) is 0 Å². The third-order valence-corrected chi connectivity index (χ3v) is 3.06. The van der Waals surface area contributed by atoms with E-state index in [2.05, 4.69) is 4.98 Å². The zero-order valence-corrected chi connectivity index (χ0v) is 10.4. The Kier molecular flexibility index (Phi) is 3.52. The SMILES string of the molecule is CC(O)(c1ccc(F)cc1)c1cnccc1C(F)(F)F. The predicted molar refractivity (Wildman–Crippen MR) is 64.3 cm³/mol. The molecule has 0 fully saturated rings. The van der Waals surface area contributed by atoms with E-state index < -0.39 is 23.2 Å². The summed E-state index contributed by atoms with van der Waals surface area (Å²) in [5, 5.41) is 10.4. The molecule has 6 heteroatoms. The summed E-state index contributed by atoms with van der Waals surface area (Å²) >= 11 is 0. The molecule has 0 aliphatic carbocycles. The van der Waals surface area contributed by atoms with E-state index in [-0.39, 0.29) is 11.1 Å². The summed E-state index contributed by atoms with van der Waals surface area (Å²) in [7, 11) is 0. The molecular formula is C14H11F4NO. The Balaban J connectivity index is 2.57. The standard InChI is InChI=1S/C14H11F4NO/c1-13(20,9-2-4-10(15)5-3-9)12-8-19-7-6-11(12)14(16,17)18/h2-8,20H,1H3. The minimum atomic E-state index is -4.61. The second kappa shape index (κ2) is 4.86. The molecule has 20 heavy (non-hydrogen) atoms. The van der Waals surface area contributed by atoms with Crippen molar-refractivity contribution in [1.29, 1.82) is 0 Å². The van der Waals surface area contributed by atoms with Crippen LogP contribution in [0.4, 0.5) is 17.6 Å². The highest BCUT2D eigenvalue weighted by Gasteiger charge is 2.39. The fourth-order valence-electron chi connectivity index (χ4n) is 1.96. The molecule has 0 saturated carbocycles. The summed E-state index contributed by atoms with van der Waals surface area (Å²) in [4.78, 5) is 3.63. The first kappa shape index (κ1) is 14.5. The number of aliphatic hydroxyl groups is 1. The summed E-state index contributed by atoms with van der Waals surface area (Å²) in [6.45, 7) is 1.21. The van der Waals surface area contributed by atoms with E-state index in [0.717, 1.165) is 30.6 Å². The van der Waals surface area contributed by atoms with Crippen LogP contribution < -0.4 is 0 Å². The van der Waals surface area contributed by atoms with Gasteiger partial charge in [-0.25, -0.2) is 4.39 Å². The molecule has 2 nitrogen and oxygen atoms in total. The highest BCUT2D eigenvalue weighted by atomic mass is 19.4. The van der Waals surface area contributed by atoms with Crippen LogP contribution in [0.2, 0.25) is 0 Å². The monoisotopic (exact) mass is 285 g/mol. The van der Waals surface area contributed by atoms with Gasteiger partial charge in [0.1, 0.15) is 11.4 Å². The molecule has 0 saturated heterocycles. The van der Waals surface area contributed by atoms with Crippen molar-refractivity contribution in [2.45, 2.75) is 18.7 Å². The minimum Gasteiger partial charge on any atom is -0.381 e. The zero-order chi connectivity index (χ0) is 15.0. The van der Waals surface area contributed by atoms with Gasteiger partial charge in [-0.15, -0.1) is 0 Å². The van der Waals surface area contributed by atoms with Crippen LogP contribution in [0.3, 0.4) is 0 Å². The first-order chi connectivity index (χ1) is 9.23. The largest absolute Gasteiger partial charge is 0.416 e. The molecule has 0 amide bonds. The molecule has 1 atom stereocenters. The van der Waals surface area contributed by atoms with Gasteiger partial charge in [0.2, 0.25) is 0 Å². The van der Waals surface area contributed by atoms with Crippen LogP contribution in [0.5, 0.6) is 0 Å². The number of pyridine rings is 1. The van der Waals surface area contributed by atoms with Gasteiger partial charge in [-0.2, -0.15) is 13.2 Å². The van der Waals surface area contributed by atoms with Crippen molar-refractivity contribution in [3.8, 4) is 0 Å². The molecule has 0 aliphatic heterocycles. The van der Waals surface area contributed by atoms with E-state index in [0.29, 0.717) is 0 Å². The van der Waals surface area contributed by atoms with Crippen molar-refractivity contribution in [2.75, 3.05) is 0 Å². The lowest BCUT2D eigenvalue weighted by Gasteiger charge is -2.27. The maximum absolute atomic E-state index is 13.0. The molecule has 2 aromatic rings. The molecule has 2 rings (SSSR count). The lowest BCUT2D eigenvalue weighted by Crippen LogP contribution is -2.27. The number of aromatic nitrogens is 1. The van der Waals surface area contributed by atoms with Crippen LogP contribution in [0.1, 0.15) is 23.6 Å². The first-order valence-electron chi connectivity index (χ1n) is 5.73. The Morgan fingerprint density at radius 1 is 1.00 bits per heavy atom. The Morgan fingerprint density at radius 2 is 1.60 bits per heavy atom. The highest BCUT2D eigenvalue weighted by molar-refractivity contribution is 5.39. The predicted octanol–water partition coefficient (Wildman–Crippen LogP) is 3.50. The fourth-order valence-corrected chi connectivity index (χ4v) is 1.96. The maximum atomic E-state index is 13.0. The molecule has 106 valence electrons. The van der Waals surface area contributed by atoms with Gasteiger partial charge >= 0.3 is 6.18 Å². The molecule has 0 radical (unpaired) electrons. The minimum absolute atomic E-state index is 0.150. The number of halogens is 4. The van der Waals surface area contributed by atoms with Crippen LogP contribution in [0, 0.1) is 5.82 Å². The topological polar surface area (TPSA) is 33.1 Å². The molecule has 1 aromatic carbocycles. The van der Waals surface area contributed by atoms with Crippen LogP contribution in [-0.2, 0) is 11.8 Å². The van der Waals surface area contributed by atoms with Gasteiger partial charge in [-0.1, -0.05) is 12.1 Å². The number of hydrogen-bond acceptors (Lipinski definition) is 2. The van der Waals surface area contributed by atoms with E-state index in [1.54, 1.807) is 0 Å².